The van der Waals surface area contributed by atoms with Gasteiger partial charge in [0.2, 0.25) is 0 Å². The Hall–Kier alpha value is -1.34. The molecule has 4 nitrogen and oxygen atoms in total. The Kier molecular flexibility index (Phi) is 10.8. The van der Waals surface area contributed by atoms with Crippen LogP contribution in [0.3, 0.4) is 0 Å². The number of halogens is 4. The fraction of sp³-hybridized carbons (Fsp3) is 0.909. The summed E-state index contributed by atoms with van der Waals surface area (Å²) in [5, 5.41) is 0. The van der Waals surface area contributed by atoms with Crippen molar-refractivity contribution in [1.82, 2.24) is 0 Å². The lowest BCUT2D eigenvalue weighted by molar-refractivity contribution is -0.186. The minimum atomic E-state index is -4.28. The minimum Gasteiger partial charge on any atom is -0.459 e. The van der Waals surface area contributed by atoms with E-state index in [0.717, 1.165) is 19.3 Å². The summed E-state index contributed by atoms with van der Waals surface area (Å²) in [6.07, 6.45) is 3.11. The molecule has 0 saturated heterocycles. The van der Waals surface area contributed by atoms with Crippen LogP contribution in [0, 0.1) is 10.8 Å². The second-order valence-corrected chi connectivity index (χ2v) is 9.51. The summed E-state index contributed by atoms with van der Waals surface area (Å²) in [6, 6.07) is 0. The van der Waals surface area contributed by atoms with E-state index in [1.54, 1.807) is 6.92 Å². The van der Waals surface area contributed by atoms with E-state index in [1.807, 2.05) is 20.8 Å². The quantitative estimate of drug-likeness (QED) is 0.316. The van der Waals surface area contributed by atoms with Gasteiger partial charge in [-0.25, -0.2) is 8.78 Å². The van der Waals surface area contributed by atoms with Gasteiger partial charge < -0.3 is 9.47 Å². The van der Waals surface area contributed by atoms with Gasteiger partial charge in [-0.2, -0.15) is 8.78 Å². The Labute approximate surface area is 178 Å². The zero-order chi connectivity index (χ0) is 23.8. The molecule has 1 aliphatic carbocycles. The molecule has 0 bridgehead atoms. The fourth-order valence-electron chi connectivity index (χ4n) is 2.47. The monoisotopic (exact) mass is 442 g/mol. The third-order valence-corrected chi connectivity index (χ3v) is 5.84. The lowest BCUT2D eigenvalue weighted by atomic mass is 9.85. The lowest BCUT2D eigenvalue weighted by Crippen LogP contribution is -2.38. The number of ether oxygens (including phenoxy) is 2. The van der Waals surface area contributed by atoms with Crippen molar-refractivity contribution in [2.45, 2.75) is 111 Å². The van der Waals surface area contributed by atoms with E-state index in [2.05, 4.69) is 11.7 Å². The molecule has 0 spiro atoms. The van der Waals surface area contributed by atoms with Crippen molar-refractivity contribution in [3.63, 3.8) is 0 Å². The number of hydrogen-bond donors (Lipinski definition) is 0. The van der Waals surface area contributed by atoms with E-state index in [0.29, 0.717) is 6.42 Å². The molecular formula is C22H38F4O4. The second kappa shape index (κ2) is 11.3. The number of rotatable bonds is 8. The van der Waals surface area contributed by atoms with E-state index in [-0.39, 0.29) is 17.0 Å². The smallest absolute Gasteiger partial charge is 0.340 e. The van der Waals surface area contributed by atoms with Gasteiger partial charge in [0.05, 0.1) is 10.8 Å². The van der Waals surface area contributed by atoms with E-state index >= 15 is 0 Å². The van der Waals surface area contributed by atoms with Crippen LogP contribution < -0.4 is 0 Å². The van der Waals surface area contributed by atoms with Gasteiger partial charge in [-0.05, 0) is 73.1 Å². The molecule has 30 heavy (non-hydrogen) atoms. The first-order valence-electron chi connectivity index (χ1n) is 10.6. The molecule has 0 amide bonds. The maximum Gasteiger partial charge on any atom is 0.340 e. The number of alkyl halides is 4. The van der Waals surface area contributed by atoms with Crippen LogP contribution in [-0.2, 0) is 19.1 Å². The van der Waals surface area contributed by atoms with Gasteiger partial charge in [-0.3, -0.25) is 9.59 Å². The largest absolute Gasteiger partial charge is 0.459 e. The number of hydrogen-bond acceptors (Lipinski definition) is 4. The van der Waals surface area contributed by atoms with Crippen molar-refractivity contribution in [2.75, 3.05) is 6.61 Å². The van der Waals surface area contributed by atoms with Gasteiger partial charge in [0, 0.05) is 0 Å². The third kappa shape index (κ3) is 9.21. The summed E-state index contributed by atoms with van der Waals surface area (Å²) < 4.78 is 58.0. The predicted octanol–water partition coefficient (Wildman–Crippen LogP) is 6.55. The zero-order valence-corrected chi connectivity index (χ0v) is 19.4. The Morgan fingerprint density at radius 2 is 1.33 bits per heavy atom. The molecule has 0 aliphatic heterocycles. The molecule has 0 atom stereocenters. The van der Waals surface area contributed by atoms with E-state index in [4.69, 9.17) is 4.74 Å². The molecule has 1 aliphatic rings. The zero-order valence-electron chi connectivity index (χ0n) is 19.4. The van der Waals surface area contributed by atoms with E-state index in [9.17, 15) is 27.2 Å². The van der Waals surface area contributed by atoms with Gasteiger partial charge in [0.25, 0.3) is 0 Å². The molecule has 1 rings (SSSR count). The van der Waals surface area contributed by atoms with Crippen molar-refractivity contribution in [2.24, 2.45) is 10.8 Å². The summed E-state index contributed by atoms with van der Waals surface area (Å²) >= 11 is 0. The van der Waals surface area contributed by atoms with Gasteiger partial charge in [0.1, 0.15) is 5.60 Å². The Morgan fingerprint density at radius 1 is 0.900 bits per heavy atom. The first-order chi connectivity index (χ1) is 13.5. The van der Waals surface area contributed by atoms with Crippen LogP contribution >= 0.6 is 0 Å². The standard InChI is InChI=1S/C13H24O2.C9H14F4O2/c1-5-12(2,3)11(14)15-13(4)9-7-6-8-10-13;1-4-8(2,3)7(14)15-5-9(12,13)6(10)11/h5-10H2,1-4H3;6H,4-5H2,1-3H3. The Bertz CT molecular complexity index is 553. The highest BCUT2D eigenvalue weighted by Gasteiger charge is 2.43. The first-order valence-corrected chi connectivity index (χ1v) is 10.6. The second-order valence-electron chi connectivity index (χ2n) is 9.51. The van der Waals surface area contributed by atoms with Crippen molar-refractivity contribution in [1.29, 1.82) is 0 Å². The molecule has 0 aromatic rings. The average Bonchev–Trinajstić information content (AvgIpc) is 2.66. The van der Waals surface area contributed by atoms with Gasteiger partial charge in [0.15, 0.2) is 6.61 Å². The highest BCUT2D eigenvalue weighted by Crippen LogP contribution is 2.34. The summed E-state index contributed by atoms with van der Waals surface area (Å²) in [5.74, 6) is -5.21. The van der Waals surface area contributed by atoms with Crippen LogP contribution in [0.2, 0.25) is 0 Å². The van der Waals surface area contributed by atoms with Crippen molar-refractivity contribution >= 4 is 11.9 Å². The SMILES string of the molecule is CCC(C)(C)C(=O)OC1(C)CCCCC1.CCC(C)(C)C(=O)OCC(F)(F)C(F)F. The molecule has 0 heterocycles. The lowest BCUT2D eigenvalue weighted by Gasteiger charge is -2.36. The highest BCUT2D eigenvalue weighted by atomic mass is 19.3. The third-order valence-electron chi connectivity index (χ3n) is 5.84. The maximum atomic E-state index is 12.4. The van der Waals surface area contributed by atoms with Crippen LogP contribution in [0.4, 0.5) is 17.6 Å². The summed E-state index contributed by atoms with van der Waals surface area (Å²) in [7, 11) is 0. The van der Waals surface area contributed by atoms with Crippen LogP contribution in [0.1, 0.15) is 93.4 Å². The molecule has 0 N–H and O–H groups in total. The van der Waals surface area contributed by atoms with Crippen LogP contribution in [0.25, 0.3) is 0 Å². The topological polar surface area (TPSA) is 52.6 Å². The van der Waals surface area contributed by atoms with Crippen LogP contribution in [-0.4, -0.2) is 36.5 Å². The maximum absolute atomic E-state index is 12.4. The molecule has 178 valence electrons. The molecule has 0 radical (unpaired) electrons. The van der Waals surface area contributed by atoms with Crippen molar-refractivity contribution < 1.29 is 36.6 Å². The van der Waals surface area contributed by atoms with Crippen LogP contribution in [0.5, 0.6) is 0 Å². The molecule has 0 aromatic heterocycles. The fourth-order valence-corrected chi connectivity index (χ4v) is 2.47. The number of esters is 2. The first kappa shape index (κ1) is 28.7. The molecule has 1 fully saturated rings. The van der Waals surface area contributed by atoms with Crippen molar-refractivity contribution in [3.8, 4) is 0 Å². The normalized spacial score (nSPS) is 17.1. The van der Waals surface area contributed by atoms with Gasteiger partial charge in [-0.1, -0.05) is 20.3 Å². The Balaban J connectivity index is 0.000000561. The van der Waals surface area contributed by atoms with Gasteiger partial charge >= 0.3 is 24.3 Å². The Morgan fingerprint density at radius 3 is 1.73 bits per heavy atom. The predicted molar refractivity (Wildman–Crippen MR) is 108 cm³/mol. The number of carbonyl (C=O) groups excluding carboxylic acids is 2. The highest BCUT2D eigenvalue weighted by molar-refractivity contribution is 5.76. The summed E-state index contributed by atoms with van der Waals surface area (Å²) in [5.41, 5.74) is -1.46. The molecule has 8 heteroatoms. The molecular weight excluding hydrogens is 404 g/mol. The summed E-state index contributed by atoms with van der Waals surface area (Å²) in [4.78, 5) is 23.1. The minimum absolute atomic E-state index is 0.0330. The number of carbonyl (C=O) groups is 2. The van der Waals surface area contributed by atoms with Gasteiger partial charge in [-0.15, -0.1) is 0 Å². The van der Waals surface area contributed by atoms with Crippen molar-refractivity contribution in [3.05, 3.63) is 0 Å². The summed E-state index contributed by atoms with van der Waals surface area (Å²) in [6.45, 7) is 11.1. The average molecular weight is 443 g/mol. The molecule has 0 unspecified atom stereocenters. The van der Waals surface area contributed by atoms with E-state index in [1.165, 1.54) is 33.1 Å². The van der Waals surface area contributed by atoms with E-state index < -0.39 is 30.3 Å². The van der Waals surface area contributed by atoms with Crippen LogP contribution in [0.15, 0.2) is 0 Å². The molecule has 1 saturated carbocycles. The molecule has 0 aromatic carbocycles.